The molecule has 0 spiro atoms. The van der Waals surface area contributed by atoms with E-state index in [1.807, 2.05) is 0 Å². The molecule has 0 saturated heterocycles. The van der Waals surface area contributed by atoms with Crippen LogP contribution in [0.2, 0.25) is 0 Å². The third-order valence-electron chi connectivity index (χ3n) is 2.12. The molecule has 3 heteroatoms. The van der Waals surface area contributed by atoms with Crippen LogP contribution in [0.5, 0.6) is 0 Å². The molecule has 0 bridgehead atoms. The highest BCUT2D eigenvalue weighted by Gasteiger charge is 2.30. The Morgan fingerprint density at radius 1 is 1.50 bits per heavy atom. The van der Waals surface area contributed by atoms with Crippen molar-refractivity contribution >= 4 is 17.3 Å². The molecule has 0 N–H and O–H groups in total. The average molecular weight is 168 g/mol. The molecule has 1 saturated carbocycles. The summed E-state index contributed by atoms with van der Waals surface area (Å²) >= 11 is 0. The summed E-state index contributed by atoms with van der Waals surface area (Å²) in [5.41, 5.74) is 0. The van der Waals surface area contributed by atoms with Gasteiger partial charge in [-0.05, 0) is 19.8 Å². The molecule has 0 radical (unpaired) electrons. The molecule has 0 heterocycles. The standard InChI is InChI=1S/C9H12O3/c1-6(10)5-9(12)7-3-2-4-8(7)11/h7H,2-5H2,1H3. The second-order valence-electron chi connectivity index (χ2n) is 3.26. The molecule has 1 fully saturated rings. The van der Waals surface area contributed by atoms with Gasteiger partial charge in [0, 0.05) is 6.42 Å². The quantitative estimate of drug-likeness (QED) is 0.588. The minimum Gasteiger partial charge on any atom is -0.300 e. The van der Waals surface area contributed by atoms with Crippen LogP contribution in [0.3, 0.4) is 0 Å². The number of rotatable bonds is 3. The Morgan fingerprint density at radius 3 is 2.58 bits per heavy atom. The molecule has 0 aliphatic heterocycles. The van der Waals surface area contributed by atoms with Crippen LogP contribution >= 0.6 is 0 Å². The van der Waals surface area contributed by atoms with Crippen molar-refractivity contribution in [3.63, 3.8) is 0 Å². The van der Waals surface area contributed by atoms with Gasteiger partial charge in [-0.3, -0.25) is 14.4 Å². The molecule has 12 heavy (non-hydrogen) atoms. The predicted octanol–water partition coefficient (Wildman–Crippen LogP) is 0.904. The summed E-state index contributed by atoms with van der Waals surface area (Å²) in [4.78, 5) is 32.9. The van der Waals surface area contributed by atoms with E-state index >= 15 is 0 Å². The number of carbonyl (C=O) groups excluding carboxylic acids is 3. The van der Waals surface area contributed by atoms with E-state index in [1.165, 1.54) is 6.92 Å². The fourth-order valence-corrected chi connectivity index (χ4v) is 1.52. The van der Waals surface area contributed by atoms with Crippen molar-refractivity contribution in [2.24, 2.45) is 5.92 Å². The Balaban J connectivity index is 2.52. The summed E-state index contributed by atoms with van der Waals surface area (Å²) in [7, 11) is 0. The third-order valence-corrected chi connectivity index (χ3v) is 2.12. The zero-order chi connectivity index (χ0) is 9.14. The lowest BCUT2D eigenvalue weighted by molar-refractivity contribution is -0.132. The highest BCUT2D eigenvalue weighted by atomic mass is 16.2. The number of carbonyl (C=O) groups is 3. The first-order valence-electron chi connectivity index (χ1n) is 4.16. The molecule has 1 aliphatic rings. The lowest BCUT2D eigenvalue weighted by Crippen LogP contribution is -2.20. The Bertz CT molecular complexity index is 230. The van der Waals surface area contributed by atoms with Crippen molar-refractivity contribution in [2.75, 3.05) is 0 Å². The summed E-state index contributed by atoms with van der Waals surface area (Å²) < 4.78 is 0. The second-order valence-corrected chi connectivity index (χ2v) is 3.26. The maximum atomic E-state index is 11.2. The maximum absolute atomic E-state index is 11.2. The smallest absolute Gasteiger partial charge is 0.150 e. The molecule has 1 rings (SSSR count). The number of ketones is 3. The summed E-state index contributed by atoms with van der Waals surface area (Å²) in [5.74, 6) is -0.792. The van der Waals surface area contributed by atoms with E-state index in [-0.39, 0.29) is 23.8 Å². The van der Waals surface area contributed by atoms with Gasteiger partial charge in [0.1, 0.15) is 11.6 Å². The molecule has 66 valence electrons. The van der Waals surface area contributed by atoms with Crippen LogP contribution in [0.1, 0.15) is 32.6 Å². The Labute approximate surface area is 71.1 Å². The topological polar surface area (TPSA) is 51.2 Å². The molecule has 0 aromatic carbocycles. The molecule has 0 amide bonds. The normalized spacial score (nSPS) is 22.8. The van der Waals surface area contributed by atoms with Crippen molar-refractivity contribution in [3.8, 4) is 0 Å². The van der Waals surface area contributed by atoms with Crippen molar-refractivity contribution in [3.05, 3.63) is 0 Å². The van der Waals surface area contributed by atoms with Crippen molar-refractivity contribution < 1.29 is 14.4 Å². The molecule has 0 aromatic heterocycles. The fraction of sp³-hybridized carbons (Fsp3) is 0.667. The van der Waals surface area contributed by atoms with E-state index < -0.39 is 5.92 Å². The van der Waals surface area contributed by atoms with Crippen LogP contribution in [-0.4, -0.2) is 17.3 Å². The minimum atomic E-state index is -0.464. The number of Topliss-reactive ketones (excluding diaryl/α,β-unsaturated/α-hetero) is 3. The SMILES string of the molecule is CC(=O)CC(=O)C1CCCC1=O. The Morgan fingerprint density at radius 2 is 2.17 bits per heavy atom. The zero-order valence-corrected chi connectivity index (χ0v) is 7.13. The Kier molecular flexibility index (Phi) is 2.74. The van der Waals surface area contributed by atoms with E-state index in [0.717, 1.165) is 6.42 Å². The highest BCUT2D eigenvalue weighted by Crippen LogP contribution is 2.22. The van der Waals surface area contributed by atoms with Gasteiger partial charge in [0.25, 0.3) is 0 Å². The van der Waals surface area contributed by atoms with Gasteiger partial charge in [-0.25, -0.2) is 0 Å². The van der Waals surface area contributed by atoms with E-state index in [4.69, 9.17) is 0 Å². The van der Waals surface area contributed by atoms with Crippen LogP contribution in [0.25, 0.3) is 0 Å². The van der Waals surface area contributed by atoms with Gasteiger partial charge in [-0.1, -0.05) is 0 Å². The average Bonchev–Trinajstić information content (AvgIpc) is 2.33. The summed E-state index contributed by atoms with van der Waals surface area (Å²) in [6.45, 7) is 1.37. The van der Waals surface area contributed by atoms with Gasteiger partial charge in [-0.15, -0.1) is 0 Å². The van der Waals surface area contributed by atoms with Crippen LogP contribution in [-0.2, 0) is 14.4 Å². The number of hydrogen-bond acceptors (Lipinski definition) is 3. The van der Waals surface area contributed by atoms with Crippen molar-refractivity contribution in [1.82, 2.24) is 0 Å². The Hall–Kier alpha value is -0.990. The van der Waals surface area contributed by atoms with Gasteiger partial charge in [-0.2, -0.15) is 0 Å². The maximum Gasteiger partial charge on any atom is 0.150 e. The van der Waals surface area contributed by atoms with Gasteiger partial charge < -0.3 is 0 Å². The van der Waals surface area contributed by atoms with Gasteiger partial charge in [0.15, 0.2) is 5.78 Å². The van der Waals surface area contributed by atoms with E-state index in [1.54, 1.807) is 0 Å². The first-order chi connectivity index (χ1) is 5.61. The molecule has 0 aromatic rings. The minimum absolute atomic E-state index is 0.0150. The first-order valence-corrected chi connectivity index (χ1v) is 4.16. The first kappa shape index (κ1) is 9.10. The fourth-order valence-electron chi connectivity index (χ4n) is 1.52. The summed E-state index contributed by atoms with van der Waals surface area (Å²) in [5, 5.41) is 0. The molecule has 1 atom stereocenters. The summed E-state index contributed by atoms with van der Waals surface area (Å²) in [6.07, 6.45) is 1.88. The van der Waals surface area contributed by atoms with Crippen LogP contribution < -0.4 is 0 Å². The second kappa shape index (κ2) is 3.61. The lowest BCUT2D eigenvalue weighted by atomic mass is 9.98. The van der Waals surface area contributed by atoms with Crippen LogP contribution in [0.4, 0.5) is 0 Å². The van der Waals surface area contributed by atoms with E-state index in [9.17, 15) is 14.4 Å². The molecular weight excluding hydrogens is 156 g/mol. The van der Waals surface area contributed by atoms with Crippen LogP contribution in [0, 0.1) is 5.92 Å². The largest absolute Gasteiger partial charge is 0.300 e. The number of hydrogen-bond donors (Lipinski definition) is 0. The van der Waals surface area contributed by atoms with Crippen molar-refractivity contribution in [1.29, 1.82) is 0 Å². The van der Waals surface area contributed by atoms with Crippen LogP contribution in [0.15, 0.2) is 0 Å². The van der Waals surface area contributed by atoms with Gasteiger partial charge in [0.05, 0.1) is 12.3 Å². The molecule has 1 aliphatic carbocycles. The van der Waals surface area contributed by atoms with E-state index in [2.05, 4.69) is 0 Å². The van der Waals surface area contributed by atoms with Crippen molar-refractivity contribution in [2.45, 2.75) is 32.6 Å². The molecule has 3 nitrogen and oxygen atoms in total. The summed E-state index contributed by atoms with van der Waals surface area (Å²) in [6, 6.07) is 0. The van der Waals surface area contributed by atoms with E-state index in [0.29, 0.717) is 12.8 Å². The zero-order valence-electron chi connectivity index (χ0n) is 7.13. The predicted molar refractivity (Wildman–Crippen MR) is 42.7 cm³/mol. The highest BCUT2D eigenvalue weighted by molar-refractivity contribution is 6.09. The lowest BCUT2D eigenvalue weighted by Gasteiger charge is -2.03. The van der Waals surface area contributed by atoms with Gasteiger partial charge in [0.2, 0.25) is 0 Å². The van der Waals surface area contributed by atoms with Gasteiger partial charge >= 0.3 is 0 Å². The third kappa shape index (κ3) is 2.00. The molecular formula is C9H12O3. The monoisotopic (exact) mass is 168 g/mol. The molecule has 1 unspecified atom stereocenters.